The van der Waals surface area contributed by atoms with Gasteiger partial charge in [-0.3, -0.25) is 9.35 Å². The van der Waals surface area contributed by atoms with Crippen LogP contribution in [0.4, 0.5) is 0 Å². The quantitative estimate of drug-likeness (QED) is 0.391. The molecule has 0 bridgehead atoms. The molecule has 0 fully saturated rings. The lowest BCUT2D eigenvalue weighted by Crippen LogP contribution is -1.98. The summed E-state index contributed by atoms with van der Waals surface area (Å²) in [6, 6.07) is 23.7. The van der Waals surface area contributed by atoms with Gasteiger partial charge in [0, 0.05) is 10.9 Å². The van der Waals surface area contributed by atoms with E-state index in [1.807, 2.05) is 49.4 Å². The first kappa shape index (κ1) is 18.8. The van der Waals surface area contributed by atoms with E-state index in [2.05, 4.69) is 0 Å². The van der Waals surface area contributed by atoms with Crippen molar-refractivity contribution in [2.24, 2.45) is 0 Å². The lowest BCUT2D eigenvalue weighted by Gasteiger charge is -2.03. The Balaban J connectivity index is 0.000000156. The van der Waals surface area contributed by atoms with Gasteiger partial charge in [0.15, 0.2) is 6.29 Å². The maximum Gasteiger partial charge on any atom is 0.295 e. The van der Waals surface area contributed by atoms with Crippen LogP contribution in [-0.2, 0) is 10.1 Å². The number of carbonyl (C=O) groups is 1. The van der Waals surface area contributed by atoms with Crippen molar-refractivity contribution in [3.05, 3.63) is 90.0 Å². The largest absolute Gasteiger partial charge is 0.298 e. The third-order valence-electron chi connectivity index (χ3n) is 4.33. The van der Waals surface area contributed by atoms with Crippen molar-refractivity contribution in [3.63, 3.8) is 0 Å². The van der Waals surface area contributed by atoms with E-state index < -0.39 is 10.1 Å². The molecular weight excluding hydrogens is 360 g/mol. The van der Waals surface area contributed by atoms with Crippen LogP contribution in [0.15, 0.2) is 83.8 Å². The number of aryl methyl sites for hydroxylation is 1. The Bertz CT molecular complexity index is 1220. The summed E-state index contributed by atoms with van der Waals surface area (Å²) in [6.45, 7) is 1.95. The fourth-order valence-electron chi connectivity index (χ4n) is 2.98. The van der Waals surface area contributed by atoms with Crippen LogP contribution in [0.3, 0.4) is 0 Å². The lowest BCUT2D eigenvalue weighted by molar-refractivity contribution is 0.112. The molecule has 0 spiro atoms. The molecule has 4 aromatic rings. The Labute approximate surface area is 157 Å². The fourth-order valence-corrected chi connectivity index (χ4v) is 3.70. The Morgan fingerprint density at radius 1 is 0.741 bits per heavy atom. The zero-order valence-corrected chi connectivity index (χ0v) is 15.5. The fraction of sp³-hybridized carbons (Fsp3) is 0.0455. The highest BCUT2D eigenvalue weighted by Crippen LogP contribution is 2.22. The van der Waals surface area contributed by atoms with E-state index in [-0.39, 0.29) is 4.90 Å². The first-order valence-corrected chi connectivity index (χ1v) is 9.74. The van der Waals surface area contributed by atoms with Crippen LogP contribution >= 0.6 is 0 Å². The molecular formula is C22H18O4S. The third-order valence-corrected chi connectivity index (χ3v) is 5.25. The molecule has 5 heteroatoms. The van der Waals surface area contributed by atoms with E-state index >= 15 is 0 Å². The van der Waals surface area contributed by atoms with Gasteiger partial charge in [-0.05, 0) is 34.7 Å². The molecule has 4 rings (SSSR count). The molecule has 0 unspecified atom stereocenters. The molecule has 136 valence electrons. The molecule has 0 heterocycles. The predicted molar refractivity (Wildman–Crippen MR) is 108 cm³/mol. The molecule has 0 amide bonds. The van der Waals surface area contributed by atoms with Crippen LogP contribution < -0.4 is 0 Å². The summed E-state index contributed by atoms with van der Waals surface area (Å²) in [5.41, 5.74) is 1.84. The Hall–Kier alpha value is -3.02. The SMILES string of the molecule is Cc1ccc2ccccc2c1C=O.O=S(=O)(O)c1cccc2ccccc12. The van der Waals surface area contributed by atoms with Gasteiger partial charge in [0.2, 0.25) is 0 Å². The molecule has 0 atom stereocenters. The van der Waals surface area contributed by atoms with Gasteiger partial charge in [-0.15, -0.1) is 0 Å². The van der Waals surface area contributed by atoms with Crippen LogP contribution in [-0.4, -0.2) is 19.3 Å². The van der Waals surface area contributed by atoms with E-state index in [1.54, 1.807) is 30.3 Å². The van der Waals surface area contributed by atoms with Gasteiger partial charge < -0.3 is 0 Å². The van der Waals surface area contributed by atoms with Crippen molar-refractivity contribution in [2.75, 3.05) is 0 Å². The number of hydrogen-bond donors (Lipinski definition) is 1. The molecule has 1 N–H and O–H groups in total. The first-order chi connectivity index (χ1) is 12.9. The smallest absolute Gasteiger partial charge is 0.295 e. The van der Waals surface area contributed by atoms with Crippen molar-refractivity contribution in [1.29, 1.82) is 0 Å². The number of benzene rings is 4. The van der Waals surface area contributed by atoms with Crippen molar-refractivity contribution < 1.29 is 17.8 Å². The number of carbonyl (C=O) groups excluding carboxylic acids is 1. The van der Waals surface area contributed by atoms with Crippen LogP contribution in [0.2, 0.25) is 0 Å². The molecule has 0 saturated carbocycles. The summed E-state index contributed by atoms with van der Waals surface area (Å²) in [5, 5.41) is 3.49. The van der Waals surface area contributed by atoms with Gasteiger partial charge in [0.25, 0.3) is 10.1 Å². The number of fused-ring (bicyclic) bond motifs is 2. The minimum absolute atomic E-state index is 0.0457. The van der Waals surface area contributed by atoms with Gasteiger partial charge in [-0.25, -0.2) is 0 Å². The average molecular weight is 378 g/mol. The van der Waals surface area contributed by atoms with E-state index in [4.69, 9.17) is 4.55 Å². The lowest BCUT2D eigenvalue weighted by atomic mass is 10.0. The Kier molecular flexibility index (Phi) is 5.35. The van der Waals surface area contributed by atoms with Crippen molar-refractivity contribution in [1.82, 2.24) is 0 Å². The van der Waals surface area contributed by atoms with E-state index in [1.165, 1.54) is 6.07 Å². The zero-order valence-electron chi connectivity index (χ0n) is 14.7. The minimum atomic E-state index is -4.13. The standard InChI is InChI=1S/C12H10O.C10H8O3S/c1-9-6-7-10-4-2-3-5-11(10)12(9)8-13;11-14(12,13)10-7-3-5-8-4-1-2-6-9(8)10/h2-8H,1H3;1-7H,(H,11,12,13). The molecule has 0 aliphatic heterocycles. The molecule has 0 saturated heterocycles. The van der Waals surface area contributed by atoms with Crippen LogP contribution in [0.5, 0.6) is 0 Å². The van der Waals surface area contributed by atoms with Crippen LogP contribution in [0, 0.1) is 6.92 Å². The average Bonchev–Trinajstić information content (AvgIpc) is 2.67. The maximum absolute atomic E-state index is 11.0. The molecule has 27 heavy (non-hydrogen) atoms. The summed E-state index contributed by atoms with van der Waals surface area (Å²) < 4.78 is 31.0. The van der Waals surface area contributed by atoms with Gasteiger partial charge in [-0.2, -0.15) is 8.42 Å². The Morgan fingerprint density at radius 2 is 1.30 bits per heavy atom. The van der Waals surface area contributed by atoms with Crippen LogP contribution in [0.1, 0.15) is 15.9 Å². The highest BCUT2D eigenvalue weighted by atomic mass is 32.2. The minimum Gasteiger partial charge on any atom is -0.298 e. The summed E-state index contributed by atoms with van der Waals surface area (Å²) in [4.78, 5) is 10.8. The first-order valence-electron chi connectivity index (χ1n) is 8.30. The van der Waals surface area contributed by atoms with Crippen molar-refractivity contribution >= 4 is 37.9 Å². The summed E-state index contributed by atoms with van der Waals surface area (Å²) in [7, 11) is -4.13. The normalized spacial score (nSPS) is 11.0. The molecule has 0 radical (unpaired) electrons. The predicted octanol–water partition coefficient (Wildman–Crippen LogP) is 5.05. The zero-order chi connectivity index (χ0) is 19.4. The Morgan fingerprint density at radius 3 is 1.93 bits per heavy atom. The van der Waals surface area contributed by atoms with E-state index in [9.17, 15) is 13.2 Å². The molecule has 0 aliphatic carbocycles. The van der Waals surface area contributed by atoms with Crippen molar-refractivity contribution in [2.45, 2.75) is 11.8 Å². The van der Waals surface area contributed by atoms with Gasteiger partial charge in [0.1, 0.15) is 4.90 Å². The summed E-state index contributed by atoms with van der Waals surface area (Å²) in [5.74, 6) is 0. The second kappa shape index (κ2) is 7.70. The summed E-state index contributed by atoms with van der Waals surface area (Å²) in [6.07, 6.45) is 0.928. The van der Waals surface area contributed by atoms with Gasteiger partial charge >= 0.3 is 0 Å². The van der Waals surface area contributed by atoms with E-state index in [0.29, 0.717) is 5.39 Å². The topological polar surface area (TPSA) is 71.4 Å². The molecule has 0 aromatic heterocycles. The third kappa shape index (κ3) is 4.05. The number of aldehydes is 1. The van der Waals surface area contributed by atoms with E-state index in [0.717, 1.165) is 33.6 Å². The number of rotatable bonds is 2. The highest BCUT2D eigenvalue weighted by molar-refractivity contribution is 7.86. The van der Waals surface area contributed by atoms with Gasteiger partial charge in [-0.1, -0.05) is 72.8 Å². The second-order valence-electron chi connectivity index (χ2n) is 6.09. The maximum atomic E-state index is 11.0. The molecule has 0 aliphatic rings. The van der Waals surface area contributed by atoms with Crippen LogP contribution in [0.25, 0.3) is 21.5 Å². The molecule has 4 nitrogen and oxygen atoms in total. The molecule has 4 aromatic carbocycles. The monoisotopic (exact) mass is 378 g/mol. The summed E-state index contributed by atoms with van der Waals surface area (Å²) >= 11 is 0. The van der Waals surface area contributed by atoms with Gasteiger partial charge in [0.05, 0.1) is 0 Å². The second-order valence-corrected chi connectivity index (χ2v) is 7.48. The van der Waals surface area contributed by atoms with Crippen molar-refractivity contribution in [3.8, 4) is 0 Å². The highest BCUT2D eigenvalue weighted by Gasteiger charge is 2.12. The number of hydrogen-bond acceptors (Lipinski definition) is 3.